The molecule has 5 rings (SSSR count). The van der Waals surface area contributed by atoms with Gasteiger partial charge in [0.1, 0.15) is 18.4 Å². The van der Waals surface area contributed by atoms with Gasteiger partial charge in [-0.05, 0) is 31.2 Å². The maximum Gasteiger partial charge on any atom is 0.416 e. The third-order valence-electron chi connectivity index (χ3n) is 6.53. The Hall–Kier alpha value is -4.53. The van der Waals surface area contributed by atoms with E-state index in [0.29, 0.717) is 31.5 Å². The molecule has 1 aromatic carbocycles. The topological polar surface area (TPSA) is 189 Å². The van der Waals surface area contributed by atoms with Crippen LogP contribution in [0, 0.1) is 0 Å². The standard InChI is InChI=1S/C26H28N6O8/c1-31-12-11-21(29-31)32(25(34)38-14-16-5-3-2-4-6-16)17-7-9-18(10-8-17)40-24-27-13-19(26(35,36)37)22(28-24)23-20(33)15-39-30-23/h2-6,11-13,15,17-18,33,35-37H,7-10,14H2,1H3/t17-,18-. The third-order valence-corrected chi connectivity index (χ3v) is 6.53. The van der Waals surface area contributed by atoms with Gasteiger partial charge in [-0.1, -0.05) is 35.5 Å². The van der Waals surface area contributed by atoms with E-state index in [-0.39, 0.29) is 36.2 Å². The van der Waals surface area contributed by atoms with Crippen molar-refractivity contribution in [3.63, 3.8) is 0 Å². The minimum atomic E-state index is -3.29. The molecule has 4 aromatic rings. The highest BCUT2D eigenvalue weighted by molar-refractivity contribution is 5.87. The number of nitrogens with zero attached hydrogens (tertiary/aromatic N) is 6. The van der Waals surface area contributed by atoms with Crippen LogP contribution in [0.15, 0.2) is 59.6 Å². The zero-order chi connectivity index (χ0) is 28.3. The highest BCUT2D eigenvalue weighted by Crippen LogP contribution is 2.34. The lowest BCUT2D eigenvalue weighted by Gasteiger charge is -2.34. The Morgan fingerprint density at radius 3 is 2.50 bits per heavy atom. The number of carbonyl (C=O) groups is 1. The maximum absolute atomic E-state index is 13.2. The van der Waals surface area contributed by atoms with Crippen LogP contribution in [-0.2, 0) is 24.4 Å². The zero-order valence-electron chi connectivity index (χ0n) is 21.5. The molecule has 1 fully saturated rings. The number of amides is 1. The monoisotopic (exact) mass is 552 g/mol. The SMILES string of the molecule is Cn1ccc(N(C(=O)OCc2ccccc2)[C@H]2CC[C@H](Oc3ncc(C(O)(O)O)c(-c4nocc4O)n3)CC2)n1. The number of aromatic nitrogens is 5. The van der Waals surface area contributed by atoms with Crippen LogP contribution in [-0.4, -0.2) is 63.6 Å². The van der Waals surface area contributed by atoms with Crippen LogP contribution in [0.25, 0.3) is 11.4 Å². The largest absolute Gasteiger partial charge is 0.503 e. The molecule has 3 aromatic heterocycles. The fraction of sp³-hybridized carbons (Fsp3) is 0.346. The van der Waals surface area contributed by atoms with Gasteiger partial charge in [0.2, 0.25) is 0 Å². The number of carbonyl (C=O) groups excluding carboxylic acids is 1. The lowest BCUT2D eigenvalue weighted by molar-refractivity contribution is -0.323. The van der Waals surface area contributed by atoms with Crippen LogP contribution in [0.1, 0.15) is 36.8 Å². The molecule has 0 bridgehead atoms. The van der Waals surface area contributed by atoms with Gasteiger partial charge in [-0.15, -0.1) is 0 Å². The van der Waals surface area contributed by atoms with Crippen LogP contribution < -0.4 is 9.64 Å². The summed E-state index contributed by atoms with van der Waals surface area (Å²) in [6.07, 6.45) is 5.05. The maximum atomic E-state index is 13.2. The molecule has 1 saturated carbocycles. The number of aliphatic hydroxyl groups is 3. The van der Waals surface area contributed by atoms with Crippen LogP contribution in [0.3, 0.4) is 0 Å². The predicted octanol–water partition coefficient (Wildman–Crippen LogP) is 2.19. The lowest BCUT2D eigenvalue weighted by atomic mass is 9.92. The van der Waals surface area contributed by atoms with Crippen molar-refractivity contribution >= 4 is 11.9 Å². The average molecular weight is 553 g/mol. The number of rotatable bonds is 8. The van der Waals surface area contributed by atoms with Crippen molar-refractivity contribution in [2.24, 2.45) is 7.05 Å². The molecule has 0 atom stereocenters. The molecule has 210 valence electrons. The number of anilines is 1. The molecule has 1 aliphatic carbocycles. The van der Waals surface area contributed by atoms with Gasteiger partial charge in [-0.25, -0.2) is 9.78 Å². The Bertz CT molecular complexity index is 1440. The minimum absolute atomic E-state index is 0.127. The molecule has 14 heteroatoms. The van der Waals surface area contributed by atoms with Gasteiger partial charge in [0.05, 0.1) is 5.56 Å². The zero-order valence-corrected chi connectivity index (χ0v) is 21.5. The van der Waals surface area contributed by atoms with Gasteiger partial charge in [0, 0.05) is 31.5 Å². The van der Waals surface area contributed by atoms with Crippen molar-refractivity contribution in [3.05, 3.63) is 66.2 Å². The van der Waals surface area contributed by atoms with Crippen molar-refractivity contribution < 1.29 is 39.2 Å². The molecule has 0 saturated heterocycles. The van der Waals surface area contributed by atoms with E-state index in [9.17, 15) is 25.2 Å². The summed E-state index contributed by atoms with van der Waals surface area (Å²) < 4.78 is 17.9. The van der Waals surface area contributed by atoms with Crippen molar-refractivity contribution in [1.29, 1.82) is 0 Å². The molecule has 0 radical (unpaired) electrons. The molecule has 14 nitrogen and oxygen atoms in total. The smallest absolute Gasteiger partial charge is 0.416 e. The van der Waals surface area contributed by atoms with Crippen molar-refractivity contribution in [3.8, 4) is 23.1 Å². The second kappa shape index (κ2) is 11.3. The number of hydrogen-bond donors (Lipinski definition) is 4. The van der Waals surface area contributed by atoms with E-state index in [0.717, 1.165) is 18.0 Å². The number of ether oxygens (including phenoxy) is 2. The van der Waals surface area contributed by atoms with Crippen LogP contribution in [0.5, 0.6) is 11.8 Å². The molecule has 0 spiro atoms. The molecule has 0 unspecified atom stereocenters. The summed E-state index contributed by atoms with van der Waals surface area (Å²) in [5.41, 5.74) is -0.153. The first-order chi connectivity index (χ1) is 19.2. The second-order valence-corrected chi connectivity index (χ2v) is 9.40. The number of aryl methyl sites for hydroxylation is 1. The van der Waals surface area contributed by atoms with Gasteiger partial charge < -0.3 is 34.4 Å². The lowest BCUT2D eigenvalue weighted by Crippen LogP contribution is -2.44. The summed E-state index contributed by atoms with van der Waals surface area (Å²) in [5.74, 6) is -3.23. The number of benzene rings is 1. The van der Waals surface area contributed by atoms with E-state index in [1.165, 1.54) is 0 Å². The molecular formula is C26H28N6O8. The quantitative estimate of drug-likeness (QED) is 0.234. The Morgan fingerprint density at radius 2 is 1.88 bits per heavy atom. The molecule has 4 N–H and O–H groups in total. The Morgan fingerprint density at radius 1 is 1.12 bits per heavy atom. The highest BCUT2D eigenvalue weighted by Gasteiger charge is 2.35. The number of hydrogen-bond acceptors (Lipinski definition) is 12. The minimum Gasteiger partial charge on any atom is -0.503 e. The Kier molecular flexibility index (Phi) is 7.64. The van der Waals surface area contributed by atoms with Crippen LogP contribution in [0.4, 0.5) is 10.6 Å². The summed E-state index contributed by atoms with van der Waals surface area (Å²) in [4.78, 5) is 22.9. The van der Waals surface area contributed by atoms with Gasteiger partial charge in [-0.3, -0.25) is 9.58 Å². The Labute approximate surface area is 228 Å². The van der Waals surface area contributed by atoms with Gasteiger partial charge in [0.15, 0.2) is 23.5 Å². The normalized spacial score (nSPS) is 17.4. The molecule has 0 aliphatic heterocycles. The van der Waals surface area contributed by atoms with Gasteiger partial charge in [-0.2, -0.15) is 10.1 Å². The first-order valence-electron chi connectivity index (χ1n) is 12.5. The molecular weight excluding hydrogens is 524 g/mol. The molecule has 40 heavy (non-hydrogen) atoms. The summed E-state index contributed by atoms with van der Waals surface area (Å²) in [5, 5.41) is 47.1. The van der Waals surface area contributed by atoms with E-state index in [2.05, 4.69) is 20.2 Å². The summed E-state index contributed by atoms with van der Waals surface area (Å²) >= 11 is 0. The molecule has 1 aliphatic rings. The highest BCUT2D eigenvalue weighted by atomic mass is 16.7. The Balaban J connectivity index is 1.28. The first kappa shape index (κ1) is 27.1. The van der Waals surface area contributed by atoms with E-state index < -0.39 is 23.4 Å². The predicted molar refractivity (Wildman–Crippen MR) is 137 cm³/mol. The average Bonchev–Trinajstić information content (AvgIpc) is 3.56. The fourth-order valence-electron chi connectivity index (χ4n) is 4.56. The van der Waals surface area contributed by atoms with Crippen molar-refractivity contribution in [2.75, 3.05) is 4.90 Å². The third kappa shape index (κ3) is 6.03. The number of aromatic hydroxyl groups is 1. The molecule has 1 amide bonds. The second-order valence-electron chi connectivity index (χ2n) is 9.40. The van der Waals surface area contributed by atoms with E-state index in [4.69, 9.17) is 14.0 Å². The van der Waals surface area contributed by atoms with Crippen LogP contribution in [0.2, 0.25) is 0 Å². The first-order valence-corrected chi connectivity index (χ1v) is 12.5. The van der Waals surface area contributed by atoms with Crippen LogP contribution >= 0.6 is 0 Å². The summed E-state index contributed by atoms with van der Waals surface area (Å²) in [6, 6.07) is 10.8. The van der Waals surface area contributed by atoms with E-state index >= 15 is 0 Å². The summed E-state index contributed by atoms with van der Waals surface area (Å²) in [7, 11) is 1.77. The fourth-order valence-corrected chi connectivity index (χ4v) is 4.56. The molecule has 3 heterocycles. The summed E-state index contributed by atoms with van der Waals surface area (Å²) in [6.45, 7) is 0.134. The van der Waals surface area contributed by atoms with Crippen molar-refractivity contribution in [2.45, 2.75) is 50.4 Å². The van der Waals surface area contributed by atoms with E-state index in [1.807, 2.05) is 30.3 Å². The van der Waals surface area contributed by atoms with Gasteiger partial charge in [0.25, 0.3) is 0 Å². The van der Waals surface area contributed by atoms with Crippen molar-refractivity contribution in [1.82, 2.24) is 24.9 Å². The van der Waals surface area contributed by atoms with Gasteiger partial charge >= 0.3 is 18.1 Å². The van der Waals surface area contributed by atoms with E-state index in [1.54, 1.807) is 28.9 Å².